The second-order valence-electron chi connectivity index (χ2n) is 5.27. The van der Waals surface area contributed by atoms with Gasteiger partial charge in [0.1, 0.15) is 5.82 Å². The molecule has 1 unspecified atom stereocenters. The van der Waals surface area contributed by atoms with E-state index in [1.54, 1.807) is 6.07 Å². The van der Waals surface area contributed by atoms with Gasteiger partial charge in [-0.15, -0.1) is 0 Å². The molecule has 0 bridgehead atoms. The first-order valence-electron chi connectivity index (χ1n) is 6.66. The van der Waals surface area contributed by atoms with E-state index in [1.807, 2.05) is 19.1 Å². The number of aryl methyl sites for hydroxylation is 1. The Kier molecular flexibility index (Phi) is 6.30. The van der Waals surface area contributed by atoms with Crippen LogP contribution in [0, 0.1) is 18.7 Å². The normalized spacial score (nSPS) is 13.0. The molecular formula is C15H25FN2. The number of halogens is 1. The quantitative estimate of drug-likeness (QED) is 0.808. The molecule has 0 aliphatic rings. The molecule has 18 heavy (non-hydrogen) atoms. The molecule has 2 N–H and O–H groups in total. The summed E-state index contributed by atoms with van der Waals surface area (Å²) in [4.78, 5) is 2.31. The van der Waals surface area contributed by atoms with E-state index < -0.39 is 0 Å². The Balaban J connectivity index is 2.33. The van der Waals surface area contributed by atoms with E-state index >= 15 is 0 Å². The van der Waals surface area contributed by atoms with Gasteiger partial charge in [0.2, 0.25) is 0 Å². The van der Waals surface area contributed by atoms with E-state index in [2.05, 4.69) is 18.9 Å². The number of rotatable bonds is 7. The van der Waals surface area contributed by atoms with Gasteiger partial charge in [0.05, 0.1) is 0 Å². The third kappa shape index (κ3) is 5.15. The molecule has 2 nitrogen and oxygen atoms in total. The van der Waals surface area contributed by atoms with E-state index in [0.717, 1.165) is 38.0 Å². The van der Waals surface area contributed by atoms with Gasteiger partial charge < -0.3 is 10.6 Å². The molecule has 0 fully saturated rings. The Labute approximate surface area is 110 Å². The van der Waals surface area contributed by atoms with Crippen LogP contribution in [0.4, 0.5) is 4.39 Å². The van der Waals surface area contributed by atoms with Crippen molar-refractivity contribution in [3.05, 3.63) is 35.1 Å². The smallest absolute Gasteiger partial charge is 0.126 e. The lowest BCUT2D eigenvalue weighted by Gasteiger charge is -2.18. The highest BCUT2D eigenvalue weighted by molar-refractivity contribution is 5.24. The maximum atomic E-state index is 13.1. The number of nitrogens with two attached hydrogens (primary N) is 1. The molecule has 0 aromatic heterocycles. The molecule has 0 radical (unpaired) electrons. The molecule has 0 spiro atoms. The summed E-state index contributed by atoms with van der Waals surface area (Å²) in [7, 11) is 2.12. The maximum absolute atomic E-state index is 13.1. The second kappa shape index (κ2) is 7.49. The molecule has 1 atom stereocenters. The fourth-order valence-electron chi connectivity index (χ4n) is 1.85. The van der Waals surface area contributed by atoms with Crippen molar-refractivity contribution >= 4 is 0 Å². The van der Waals surface area contributed by atoms with E-state index in [-0.39, 0.29) is 5.82 Å². The average Bonchev–Trinajstić information content (AvgIpc) is 2.37. The van der Waals surface area contributed by atoms with Gasteiger partial charge in [-0.3, -0.25) is 0 Å². The van der Waals surface area contributed by atoms with Crippen LogP contribution in [0.15, 0.2) is 18.2 Å². The summed E-state index contributed by atoms with van der Waals surface area (Å²) in [5.41, 5.74) is 7.53. The van der Waals surface area contributed by atoms with Crippen LogP contribution in [-0.4, -0.2) is 31.6 Å². The molecular weight excluding hydrogens is 227 g/mol. The first-order chi connectivity index (χ1) is 8.52. The largest absolute Gasteiger partial charge is 0.330 e. The summed E-state index contributed by atoms with van der Waals surface area (Å²) >= 11 is 0. The molecule has 0 heterocycles. The van der Waals surface area contributed by atoms with Crippen molar-refractivity contribution in [1.82, 2.24) is 4.90 Å². The zero-order valence-corrected chi connectivity index (χ0v) is 11.7. The first-order valence-corrected chi connectivity index (χ1v) is 6.66. The summed E-state index contributed by atoms with van der Waals surface area (Å²) in [6.07, 6.45) is 2.10. The molecule has 102 valence electrons. The molecule has 3 heteroatoms. The predicted octanol–water partition coefficient (Wildman–Crippen LogP) is 2.59. The summed E-state index contributed by atoms with van der Waals surface area (Å²) < 4.78 is 13.1. The zero-order chi connectivity index (χ0) is 13.5. The number of benzene rings is 1. The molecule has 1 rings (SSSR count). The van der Waals surface area contributed by atoms with Crippen molar-refractivity contribution in [2.24, 2.45) is 11.7 Å². The van der Waals surface area contributed by atoms with Crippen LogP contribution in [0.5, 0.6) is 0 Å². The third-order valence-electron chi connectivity index (χ3n) is 3.41. The highest BCUT2D eigenvalue weighted by Crippen LogP contribution is 2.10. The van der Waals surface area contributed by atoms with Gasteiger partial charge in [0.25, 0.3) is 0 Å². The standard InChI is InChI=1S/C15H25FN2/c1-12(11-17)6-8-18(3)9-7-14-4-5-15(16)13(2)10-14/h4-5,10,12H,6-9,11,17H2,1-3H3. The Bertz CT molecular complexity index is 366. The lowest BCUT2D eigenvalue weighted by molar-refractivity contribution is 0.310. The van der Waals surface area contributed by atoms with Gasteiger partial charge in [-0.05, 0) is 63.0 Å². The summed E-state index contributed by atoms with van der Waals surface area (Å²) in [6, 6.07) is 5.37. The van der Waals surface area contributed by atoms with Gasteiger partial charge in [0, 0.05) is 6.54 Å². The van der Waals surface area contributed by atoms with E-state index in [9.17, 15) is 4.39 Å². The molecule has 0 aliphatic heterocycles. The fourth-order valence-corrected chi connectivity index (χ4v) is 1.85. The van der Waals surface area contributed by atoms with Crippen LogP contribution in [0.2, 0.25) is 0 Å². The first kappa shape index (κ1) is 15.1. The highest BCUT2D eigenvalue weighted by atomic mass is 19.1. The Morgan fingerprint density at radius 2 is 2.06 bits per heavy atom. The average molecular weight is 252 g/mol. The van der Waals surface area contributed by atoms with Crippen LogP contribution < -0.4 is 5.73 Å². The topological polar surface area (TPSA) is 29.3 Å². The van der Waals surface area contributed by atoms with Crippen molar-refractivity contribution in [3.63, 3.8) is 0 Å². The Morgan fingerprint density at radius 3 is 2.67 bits per heavy atom. The van der Waals surface area contributed by atoms with Crippen molar-refractivity contribution in [3.8, 4) is 0 Å². The van der Waals surface area contributed by atoms with Crippen molar-refractivity contribution in [1.29, 1.82) is 0 Å². The summed E-state index contributed by atoms with van der Waals surface area (Å²) in [5, 5.41) is 0. The summed E-state index contributed by atoms with van der Waals surface area (Å²) in [6.45, 7) is 6.81. The monoisotopic (exact) mass is 252 g/mol. The highest BCUT2D eigenvalue weighted by Gasteiger charge is 2.04. The molecule has 0 saturated carbocycles. The Hall–Kier alpha value is -0.930. The van der Waals surface area contributed by atoms with Gasteiger partial charge in [-0.2, -0.15) is 0 Å². The molecule has 0 amide bonds. The van der Waals surface area contributed by atoms with Crippen LogP contribution in [-0.2, 0) is 6.42 Å². The zero-order valence-electron chi connectivity index (χ0n) is 11.7. The Morgan fingerprint density at radius 1 is 1.33 bits per heavy atom. The van der Waals surface area contributed by atoms with Gasteiger partial charge in [-0.25, -0.2) is 4.39 Å². The van der Waals surface area contributed by atoms with Crippen molar-refractivity contribution in [2.45, 2.75) is 26.7 Å². The van der Waals surface area contributed by atoms with Crippen molar-refractivity contribution in [2.75, 3.05) is 26.7 Å². The van der Waals surface area contributed by atoms with E-state index in [4.69, 9.17) is 5.73 Å². The second-order valence-corrected chi connectivity index (χ2v) is 5.27. The van der Waals surface area contributed by atoms with Gasteiger partial charge in [0.15, 0.2) is 0 Å². The van der Waals surface area contributed by atoms with Crippen LogP contribution in [0.1, 0.15) is 24.5 Å². The fraction of sp³-hybridized carbons (Fsp3) is 0.600. The molecule has 1 aromatic carbocycles. The molecule has 0 saturated heterocycles. The van der Waals surface area contributed by atoms with E-state index in [0.29, 0.717) is 5.92 Å². The summed E-state index contributed by atoms with van der Waals surface area (Å²) in [5.74, 6) is 0.462. The lowest BCUT2D eigenvalue weighted by atomic mass is 10.1. The van der Waals surface area contributed by atoms with E-state index in [1.165, 1.54) is 5.56 Å². The lowest BCUT2D eigenvalue weighted by Crippen LogP contribution is -2.25. The third-order valence-corrected chi connectivity index (χ3v) is 3.41. The van der Waals surface area contributed by atoms with Crippen molar-refractivity contribution < 1.29 is 4.39 Å². The minimum atomic E-state index is -0.121. The van der Waals surface area contributed by atoms with Crippen LogP contribution in [0.3, 0.4) is 0 Å². The minimum absolute atomic E-state index is 0.121. The number of nitrogens with zero attached hydrogens (tertiary/aromatic N) is 1. The minimum Gasteiger partial charge on any atom is -0.330 e. The SMILES string of the molecule is Cc1cc(CCN(C)CCC(C)CN)ccc1F. The van der Waals surface area contributed by atoms with Crippen LogP contribution >= 0.6 is 0 Å². The maximum Gasteiger partial charge on any atom is 0.126 e. The van der Waals surface area contributed by atoms with Crippen LogP contribution in [0.25, 0.3) is 0 Å². The van der Waals surface area contributed by atoms with Gasteiger partial charge >= 0.3 is 0 Å². The van der Waals surface area contributed by atoms with Gasteiger partial charge in [-0.1, -0.05) is 19.1 Å². The molecule has 1 aromatic rings. The number of hydrogen-bond acceptors (Lipinski definition) is 2. The number of likely N-dealkylation sites (N-methyl/N-ethyl adjacent to an activating group) is 1. The molecule has 0 aliphatic carbocycles. The predicted molar refractivity (Wildman–Crippen MR) is 75.2 cm³/mol. The number of hydrogen-bond donors (Lipinski definition) is 1.